The van der Waals surface area contributed by atoms with Gasteiger partial charge in [0.15, 0.2) is 0 Å². The first-order valence-electron chi connectivity index (χ1n) is 4.09. The maximum absolute atomic E-state index is 10.6. The third-order valence-electron chi connectivity index (χ3n) is 1.88. The molecule has 0 bridgehead atoms. The second-order valence-corrected chi connectivity index (χ2v) is 2.83. The number of nitro groups is 3. The van der Waals surface area contributed by atoms with Gasteiger partial charge in [0.2, 0.25) is 0 Å². The Morgan fingerprint density at radius 3 is 1.59 bits per heavy atom. The summed E-state index contributed by atoms with van der Waals surface area (Å²) in [5.74, 6) is 0. The average molecular weight is 241 g/mol. The number of benzene rings is 1. The highest BCUT2D eigenvalue weighted by molar-refractivity contribution is 5.79. The summed E-state index contributed by atoms with van der Waals surface area (Å²) in [6.07, 6.45) is 0. The number of rotatable bonds is 4. The van der Waals surface area contributed by atoms with Gasteiger partial charge in [-0.25, -0.2) is 0 Å². The van der Waals surface area contributed by atoms with Crippen molar-refractivity contribution in [3.8, 4) is 0 Å². The molecule has 0 N–H and O–H groups in total. The topological polar surface area (TPSA) is 144 Å². The summed E-state index contributed by atoms with van der Waals surface area (Å²) in [7, 11) is 1.13. The van der Waals surface area contributed by atoms with E-state index in [1.807, 2.05) is 0 Å². The summed E-state index contributed by atoms with van der Waals surface area (Å²) in [5, 5.41) is 35.1. The molecule has 0 saturated carbocycles. The van der Waals surface area contributed by atoms with Crippen molar-refractivity contribution in [2.75, 3.05) is 7.05 Å². The van der Waals surface area contributed by atoms with Crippen LogP contribution in [0.4, 0.5) is 22.7 Å². The molecule has 0 radical (unpaired) electrons. The lowest BCUT2D eigenvalue weighted by atomic mass is 10.2. The number of nitrogens with zero attached hydrogens (tertiary/aromatic N) is 4. The van der Waals surface area contributed by atoms with Gasteiger partial charge in [-0.15, -0.1) is 7.05 Å². The molecular weight excluding hydrogens is 236 g/mol. The first-order chi connectivity index (χ1) is 7.88. The normalized spacial score (nSPS) is 9.71. The molecule has 1 aromatic rings. The van der Waals surface area contributed by atoms with Crippen LogP contribution >= 0.6 is 0 Å². The summed E-state index contributed by atoms with van der Waals surface area (Å²) in [5.41, 5.74) is -2.76. The molecule has 0 heterocycles. The SMILES string of the molecule is C[N-]c1c([N+](=O)[O-])cc([N+](=O)[O-])cc1[N+](=O)[O-]. The fraction of sp³-hybridized carbons (Fsp3) is 0.143. The van der Waals surface area contributed by atoms with E-state index < -0.39 is 37.5 Å². The molecule has 0 unspecified atom stereocenters. The molecule has 1 aromatic carbocycles. The summed E-state index contributed by atoms with van der Waals surface area (Å²) in [6.45, 7) is 0. The van der Waals surface area contributed by atoms with Gasteiger partial charge in [0, 0.05) is 5.69 Å². The molecule has 0 aliphatic rings. The number of nitro benzene ring substituents is 3. The molecule has 0 saturated heterocycles. The Morgan fingerprint density at radius 1 is 0.941 bits per heavy atom. The van der Waals surface area contributed by atoms with E-state index in [4.69, 9.17) is 0 Å². The molecule has 0 aliphatic carbocycles. The molecule has 0 aliphatic heterocycles. The second kappa shape index (κ2) is 4.38. The van der Waals surface area contributed by atoms with Gasteiger partial charge in [-0.05, 0) is 0 Å². The van der Waals surface area contributed by atoms with Gasteiger partial charge in [0.25, 0.3) is 17.1 Å². The lowest BCUT2D eigenvalue weighted by Gasteiger charge is -2.13. The van der Waals surface area contributed by atoms with Crippen molar-refractivity contribution < 1.29 is 14.8 Å². The first kappa shape index (κ1) is 12.3. The zero-order valence-corrected chi connectivity index (χ0v) is 8.39. The molecule has 17 heavy (non-hydrogen) atoms. The van der Waals surface area contributed by atoms with E-state index in [0.29, 0.717) is 12.1 Å². The van der Waals surface area contributed by atoms with Crippen molar-refractivity contribution in [3.63, 3.8) is 0 Å². The van der Waals surface area contributed by atoms with Crippen LogP contribution in [0.3, 0.4) is 0 Å². The van der Waals surface area contributed by atoms with Crippen LogP contribution in [0.15, 0.2) is 12.1 Å². The van der Waals surface area contributed by atoms with Crippen LogP contribution in [0.5, 0.6) is 0 Å². The van der Waals surface area contributed by atoms with E-state index in [0.717, 1.165) is 7.05 Å². The standard InChI is InChI=1S/C7H5N4O6/c1-8-7-5(10(14)15)2-4(9(12)13)3-6(7)11(16)17/h2-3H,1H3/q-1. The van der Waals surface area contributed by atoms with Crippen molar-refractivity contribution in [3.05, 3.63) is 47.8 Å². The number of hydrogen-bond acceptors (Lipinski definition) is 6. The zero-order valence-electron chi connectivity index (χ0n) is 8.39. The number of non-ortho nitro benzene ring substituents is 1. The van der Waals surface area contributed by atoms with Gasteiger partial charge < -0.3 is 5.32 Å². The van der Waals surface area contributed by atoms with Gasteiger partial charge >= 0.3 is 0 Å². The molecular formula is C7H5N4O6-. The minimum absolute atomic E-state index is 0.495. The van der Waals surface area contributed by atoms with E-state index >= 15 is 0 Å². The van der Waals surface area contributed by atoms with Crippen molar-refractivity contribution in [2.45, 2.75) is 0 Å². The molecule has 90 valence electrons. The Morgan fingerprint density at radius 2 is 1.35 bits per heavy atom. The summed E-state index contributed by atoms with van der Waals surface area (Å²) < 4.78 is 0. The quantitative estimate of drug-likeness (QED) is 0.582. The van der Waals surface area contributed by atoms with Crippen LogP contribution in [0.2, 0.25) is 0 Å². The molecule has 0 atom stereocenters. The van der Waals surface area contributed by atoms with Crippen molar-refractivity contribution >= 4 is 22.7 Å². The molecule has 0 fully saturated rings. The van der Waals surface area contributed by atoms with Gasteiger partial charge in [0.1, 0.15) is 0 Å². The van der Waals surface area contributed by atoms with Crippen molar-refractivity contribution in [2.24, 2.45) is 0 Å². The minimum atomic E-state index is -0.956. The molecule has 10 heteroatoms. The smallest absolute Gasteiger partial charge is 0.283 e. The monoisotopic (exact) mass is 241 g/mol. The third kappa shape index (κ3) is 2.25. The van der Waals surface area contributed by atoms with E-state index in [-0.39, 0.29) is 0 Å². The van der Waals surface area contributed by atoms with Gasteiger partial charge in [-0.2, -0.15) is 0 Å². The largest absolute Gasteiger partial charge is 0.676 e. The second-order valence-electron chi connectivity index (χ2n) is 2.83. The average Bonchev–Trinajstić information content (AvgIpc) is 2.26. The summed E-state index contributed by atoms with van der Waals surface area (Å²) in [4.78, 5) is 28.9. The van der Waals surface area contributed by atoms with Crippen LogP contribution in [0.25, 0.3) is 5.32 Å². The lowest BCUT2D eigenvalue weighted by Crippen LogP contribution is -1.98. The van der Waals surface area contributed by atoms with E-state index in [9.17, 15) is 30.3 Å². The fourth-order valence-corrected chi connectivity index (χ4v) is 1.20. The molecule has 0 spiro atoms. The van der Waals surface area contributed by atoms with Gasteiger partial charge in [-0.1, -0.05) is 0 Å². The Kier molecular flexibility index (Phi) is 3.17. The minimum Gasteiger partial charge on any atom is -0.676 e. The maximum atomic E-state index is 10.6. The van der Waals surface area contributed by atoms with Crippen LogP contribution in [-0.2, 0) is 0 Å². The highest BCUT2D eigenvalue weighted by Gasteiger charge is 2.24. The molecule has 10 nitrogen and oxygen atoms in total. The van der Waals surface area contributed by atoms with Gasteiger partial charge in [0.05, 0.1) is 26.9 Å². The van der Waals surface area contributed by atoms with Crippen molar-refractivity contribution in [1.29, 1.82) is 0 Å². The first-order valence-corrected chi connectivity index (χ1v) is 4.09. The van der Waals surface area contributed by atoms with Crippen LogP contribution in [0.1, 0.15) is 0 Å². The Labute approximate surface area is 93.3 Å². The fourth-order valence-electron chi connectivity index (χ4n) is 1.20. The van der Waals surface area contributed by atoms with Gasteiger partial charge in [-0.3, -0.25) is 30.3 Å². The van der Waals surface area contributed by atoms with Crippen LogP contribution in [-0.4, -0.2) is 21.8 Å². The molecule has 1 rings (SSSR count). The summed E-state index contributed by atoms with van der Waals surface area (Å²) in [6, 6.07) is 1.27. The van der Waals surface area contributed by atoms with E-state index in [2.05, 4.69) is 5.32 Å². The highest BCUT2D eigenvalue weighted by Crippen LogP contribution is 2.41. The van der Waals surface area contributed by atoms with E-state index in [1.54, 1.807) is 0 Å². The predicted octanol–water partition coefficient (Wildman–Crippen LogP) is 2.05. The number of hydrogen-bond donors (Lipinski definition) is 0. The highest BCUT2D eigenvalue weighted by atomic mass is 16.6. The molecule has 0 amide bonds. The van der Waals surface area contributed by atoms with E-state index in [1.165, 1.54) is 0 Å². The third-order valence-corrected chi connectivity index (χ3v) is 1.88. The van der Waals surface area contributed by atoms with Crippen LogP contribution < -0.4 is 0 Å². The Bertz CT molecular complexity index is 478. The summed E-state index contributed by atoms with van der Waals surface area (Å²) >= 11 is 0. The molecule has 0 aromatic heterocycles. The zero-order chi connectivity index (χ0) is 13.2. The van der Waals surface area contributed by atoms with Crippen LogP contribution in [0, 0.1) is 30.3 Å². The Balaban J connectivity index is 3.63. The maximum Gasteiger partial charge on any atom is 0.283 e. The Hall–Kier alpha value is -2.78. The predicted molar refractivity (Wildman–Crippen MR) is 55.3 cm³/mol. The van der Waals surface area contributed by atoms with Crippen molar-refractivity contribution in [1.82, 2.24) is 0 Å². The lowest BCUT2D eigenvalue weighted by molar-refractivity contribution is -0.401.